The number of nitrogens with zero attached hydrogens (tertiary/aromatic N) is 1. The van der Waals surface area contributed by atoms with E-state index in [0.29, 0.717) is 16.1 Å². The first kappa shape index (κ1) is 15.5. The van der Waals surface area contributed by atoms with E-state index >= 15 is 0 Å². The van der Waals surface area contributed by atoms with Crippen LogP contribution >= 0.6 is 35.0 Å². The highest BCUT2D eigenvalue weighted by molar-refractivity contribution is 7.99. The summed E-state index contributed by atoms with van der Waals surface area (Å²) in [4.78, 5) is 2.51. The van der Waals surface area contributed by atoms with Gasteiger partial charge in [0, 0.05) is 36.7 Å². The number of hydrogen-bond acceptors (Lipinski definition) is 3. The molecule has 2 rings (SSSR count). The minimum Gasteiger partial charge on any atom is -0.324 e. The van der Waals surface area contributed by atoms with Gasteiger partial charge in [-0.15, -0.1) is 0 Å². The van der Waals surface area contributed by atoms with Crippen LogP contribution in [0.5, 0.6) is 0 Å². The molecule has 1 heterocycles. The molecular weight excluding hydrogens is 299 g/mol. The minimum atomic E-state index is -0.0482. The minimum absolute atomic E-state index is 0.0482. The monoisotopic (exact) mass is 318 g/mol. The molecule has 0 radical (unpaired) electrons. The van der Waals surface area contributed by atoms with Crippen LogP contribution in [0.3, 0.4) is 0 Å². The van der Waals surface area contributed by atoms with Gasteiger partial charge in [-0.25, -0.2) is 0 Å². The molecule has 1 aromatic carbocycles. The van der Waals surface area contributed by atoms with Crippen LogP contribution < -0.4 is 5.73 Å². The first-order valence-corrected chi connectivity index (χ1v) is 8.52. The molecule has 1 saturated heterocycles. The van der Waals surface area contributed by atoms with E-state index < -0.39 is 0 Å². The van der Waals surface area contributed by atoms with Crippen molar-refractivity contribution >= 4 is 35.0 Å². The van der Waals surface area contributed by atoms with Gasteiger partial charge in [0.2, 0.25) is 0 Å². The summed E-state index contributed by atoms with van der Waals surface area (Å²) in [6.45, 7) is 4.46. The van der Waals surface area contributed by atoms with Gasteiger partial charge in [0.05, 0.1) is 10.0 Å². The van der Waals surface area contributed by atoms with E-state index in [1.54, 1.807) is 6.07 Å². The van der Waals surface area contributed by atoms with Crippen LogP contribution in [0.25, 0.3) is 0 Å². The van der Waals surface area contributed by atoms with E-state index in [1.165, 1.54) is 11.5 Å². The lowest BCUT2D eigenvalue weighted by Gasteiger charge is -2.33. The standard InChI is InChI=1S/C14H20Cl2N2S/c1-10-9-19-8-7-18(10)6-5-13(17)11-3-2-4-12(15)14(11)16/h2-4,10,13H,5-9,17H2,1H3. The van der Waals surface area contributed by atoms with Crippen molar-refractivity contribution in [2.75, 3.05) is 24.6 Å². The Kier molecular flexibility index (Phi) is 5.85. The van der Waals surface area contributed by atoms with Gasteiger partial charge in [-0.05, 0) is 25.0 Å². The van der Waals surface area contributed by atoms with Crippen LogP contribution in [0.4, 0.5) is 0 Å². The van der Waals surface area contributed by atoms with E-state index in [2.05, 4.69) is 11.8 Å². The maximum absolute atomic E-state index is 6.25. The fourth-order valence-corrected chi connectivity index (χ4v) is 3.89. The molecule has 106 valence electrons. The summed E-state index contributed by atoms with van der Waals surface area (Å²) < 4.78 is 0. The van der Waals surface area contributed by atoms with E-state index in [9.17, 15) is 0 Å². The number of rotatable bonds is 4. The Labute approximate surface area is 129 Å². The second-order valence-corrected chi connectivity index (χ2v) is 6.93. The van der Waals surface area contributed by atoms with Crippen LogP contribution in [0.2, 0.25) is 10.0 Å². The number of benzene rings is 1. The molecule has 0 saturated carbocycles. The number of halogens is 2. The van der Waals surface area contributed by atoms with Crippen LogP contribution in [0, 0.1) is 0 Å². The molecule has 0 aromatic heterocycles. The van der Waals surface area contributed by atoms with Gasteiger partial charge in [0.1, 0.15) is 0 Å². The van der Waals surface area contributed by atoms with Gasteiger partial charge in [-0.1, -0.05) is 35.3 Å². The predicted octanol–water partition coefficient (Wildman–Crippen LogP) is 3.82. The second-order valence-electron chi connectivity index (χ2n) is 5.00. The maximum atomic E-state index is 6.25. The molecule has 1 aliphatic rings. The quantitative estimate of drug-likeness (QED) is 0.915. The van der Waals surface area contributed by atoms with Gasteiger partial charge in [-0.2, -0.15) is 11.8 Å². The third-order valence-corrected chi connectivity index (χ3v) is 5.64. The first-order chi connectivity index (χ1) is 9.09. The van der Waals surface area contributed by atoms with Gasteiger partial charge < -0.3 is 5.73 Å². The lowest BCUT2D eigenvalue weighted by atomic mass is 10.0. The summed E-state index contributed by atoms with van der Waals surface area (Å²) in [5.74, 6) is 2.44. The second kappa shape index (κ2) is 7.19. The average Bonchev–Trinajstić information content (AvgIpc) is 2.40. The lowest BCUT2D eigenvalue weighted by Crippen LogP contribution is -2.41. The van der Waals surface area contributed by atoms with Gasteiger partial charge in [0.15, 0.2) is 0 Å². The van der Waals surface area contributed by atoms with E-state index in [0.717, 1.165) is 25.1 Å². The number of nitrogens with two attached hydrogens (primary N) is 1. The van der Waals surface area contributed by atoms with Crippen molar-refractivity contribution in [3.63, 3.8) is 0 Å². The van der Waals surface area contributed by atoms with Crippen molar-refractivity contribution in [2.45, 2.75) is 25.4 Å². The molecule has 5 heteroatoms. The summed E-state index contributed by atoms with van der Waals surface area (Å²) in [7, 11) is 0. The van der Waals surface area contributed by atoms with Crippen molar-refractivity contribution in [3.8, 4) is 0 Å². The van der Waals surface area contributed by atoms with Crippen LogP contribution in [0.15, 0.2) is 18.2 Å². The molecule has 2 atom stereocenters. The summed E-state index contributed by atoms with van der Waals surface area (Å²) in [5.41, 5.74) is 7.20. The highest BCUT2D eigenvalue weighted by Crippen LogP contribution is 2.30. The third kappa shape index (κ3) is 4.02. The molecule has 0 bridgehead atoms. The largest absolute Gasteiger partial charge is 0.324 e. The Morgan fingerprint density at radius 3 is 3.00 bits per heavy atom. The molecule has 0 spiro atoms. The molecule has 2 N–H and O–H groups in total. The molecule has 2 nitrogen and oxygen atoms in total. The highest BCUT2D eigenvalue weighted by Gasteiger charge is 2.20. The molecule has 1 aromatic rings. The molecule has 2 unspecified atom stereocenters. The summed E-state index contributed by atoms with van der Waals surface area (Å²) in [6.07, 6.45) is 0.912. The normalized spacial score (nSPS) is 22.4. The molecule has 0 aliphatic carbocycles. The Balaban J connectivity index is 1.93. The van der Waals surface area contributed by atoms with Crippen molar-refractivity contribution < 1.29 is 0 Å². The zero-order valence-electron chi connectivity index (χ0n) is 11.1. The molecule has 1 fully saturated rings. The van der Waals surface area contributed by atoms with Crippen molar-refractivity contribution in [1.29, 1.82) is 0 Å². The Morgan fingerprint density at radius 1 is 1.47 bits per heavy atom. The zero-order valence-corrected chi connectivity index (χ0v) is 13.4. The predicted molar refractivity (Wildman–Crippen MR) is 86.4 cm³/mol. The van der Waals surface area contributed by atoms with E-state index in [-0.39, 0.29) is 6.04 Å². The SMILES string of the molecule is CC1CSCCN1CCC(N)c1cccc(Cl)c1Cl. The summed E-state index contributed by atoms with van der Waals surface area (Å²) in [5, 5.41) is 1.18. The van der Waals surface area contributed by atoms with Crippen LogP contribution in [-0.2, 0) is 0 Å². The van der Waals surface area contributed by atoms with Gasteiger partial charge in [-0.3, -0.25) is 4.90 Å². The summed E-state index contributed by atoms with van der Waals surface area (Å²) in [6, 6.07) is 6.26. The molecule has 1 aliphatic heterocycles. The van der Waals surface area contributed by atoms with Crippen molar-refractivity contribution in [1.82, 2.24) is 4.90 Å². The van der Waals surface area contributed by atoms with Crippen LogP contribution in [0.1, 0.15) is 24.9 Å². The van der Waals surface area contributed by atoms with E-state index in [1.807, 2.05) is 23.9 Å². The maximum Gasteiger partial charge on any atom is 0.0640 e. The van der Waals surface area contributed by atoms with Crippen molar-refractivity contribution in [2.24, 2.45) is 5.73 Å². The number of hydrogen-bond donors (Lipinski definition) is 1. The topological polar surface area (TPSA) is 29.3 Å². The Morgan fingerprint density at radius 2 is 2.26 bits per heavy atom. The van der Waals surface area contributed by atoms with E-state index in [4.69, 9.17) is 28.9 Å². The van der Waals surface area contributed by atoms with Crippen LogP contribution in [-0.4, -0.2) is 35.5 Å². The van der Waals surface area contributed by atoms with Crippen molar-refractivity contribution in [3.05, 3.63) is 33.8 Å². The number of thioether (sulfide) groups is 1. The average molecular weight is 319 g/mol. The lowest BCUT2D eigenvalue weighted by molar-refractivity contribution is 0.224. The fourth-order valence-electron chi connectivity index (χ4n) is 2.36. The first-order valence-electron chi connectivity index (χ1n) is 6.61. The molecule has 0 amide bonds. The molecular formula is C14H20Cl2N2S. The highest BCUT2D eigenvalue weighted by atomic mass is 35.5. The molecule has 19 heavy (non-hydrogen) atoms. The zero-order chi connectivity index (χ0) is 13.8. The third-order valence-electron chi connectivity index (χ3n) is 3.61. The Hall–Kier alpha value is 0.0700. The van der Waals surface area contributed by atoms with Gasteiger partial charge >= 0.3 is 0 Å². The summed E-state index contributed by atoms with van der Waals surface area (Å²) >= 11 is 14.3. The Bertz CT molecular complexity index is 428. The smallest absolute Gasteiger partial charge is 0.0640 e. The fraction of sp³-hybridized carbons (Fsp3) is 0.571. The van der Waals surface area contributed by atoms with Gasteiger partial charge in [0.25, 0.3) is 0 Å².